The molecule has 3 heterocycles. The average molecular weight is 373 g/mol. The monoisotopic (exact) mass is 373 g/mol. The lowest BCUT2D eigenvalue weighted by Gasteiger charge is -2.40. The molecule has 3 aliphatic rings. The molecule has 1 aliphatic carbocycles. The van der Waals surface area contributed by atoms with Gasteiger partial charge in [-0.05, 0) is 70.8 Å². The number of hydrogen-bond acceptors (Lipinski definition) is 4. The number of carbonyl (C=O) groups excluding carboxylic acids is 2. The summed E-state index contributed by atoms with van der Waals surface area (Å²) in [5, 5.41) is 0. The summed E-state index contributed by atoms with van der Waals surface area (Å²) in [6.45, 7) is 3.97. The molecule has 1 unspecified atom stereocenters. The molecule has 1 saturated carbocycles. The number of piperidine rings is 2. The highest BCUT2D eigenvalue weighted by molar-refractivity contribution is 5.83. The predicted molar refractivity (Wildman–Crippen MR) is 102 cm³/mol. The van der Waals surface area contributed by atoms with Crippen LogP contribution in [0.15, 0.2) is 22.8 Å². The van der Waals surface area contributed by atoms with Crippen molar-refractivity contribution in [3.05, 3.63) is 24.2 Å². The van der Waals surface area contributed by atoms with Crippen molar-refractivity contribution in [2.24, 2.45) is 11.8 Å². The van der Waals surface area contributed by atoms with E-state index in [4.69, 9.17) is 4.42 Å². The second-order valence-corrected chi connectivity index (χ2v) is 8.48. The van der Waals surface area contributed by atoms with Crippen LogP contribution < -0.4 is 0 Å². The van der Waals surface area contributed by atoms with E-state index in [0.717, 1.165) is 63.9 Å². The Morgan fingerprint density at radius 1 is 1.11 bits per heavy atom. The largest absolute Gasteiger partial charge is 0.467 e. The molecule has 6 nitrogen and oxygen atoms in total. The van der Waals surface area contributed by atoms with Crippen LogP contribution >= 0.6 is 0 Å². The molecule has 27 heavy (non-hydrogen) atoms. The summed E-state index contributed by atoms with van der Waals surface area (Å²) in [5.41, 5.74) is 0. The molecule has 2 aliphatic heterocycles. The number of hydrogen-bond donors (Lipinski definition) is 0. The van der Waals surface area contributed by atoms with Crippen molar-refractivity contribution in [2.75, 3.05) is 33.2 Å². The number of amides is 2. The minimum absolute atomic E-state index is 0.0731. The van der Waals surface area contributed by atoms with Crippen LogP contribution in [0.2, 0.25) is 0 Å². The first-order valence-corrected chi connectivity index (χ1v) is 10.4. The highest BCUT2D eigenvalue weighted by Crippen LogP contribution is 2.33. The van der Waals surface area contributed by atoms with Gasteiger partial charge in [0.15, 0.2) is 0 Å². The van der Waals surface area contributed by atoms with Crippen LogP contribution in [-0.2, 0) is 16.1 Å². The minimum atomic E-state index is -0.0731. The van der Waals surface area contributed by atoms with Gasteiger partial charge in [-0.1, -0.05) is 0 Å². The quantitative estimate of drug-likeness (QED) is 0.795. The fraction of sp³-hybridized carbons (Fsp3) is 0.714. The van der Waals surface area contributed by atoms with E-state index in [0.29, 0.717) is 13.1 Å². The van der Waals surface area contributed by atoms with Crippen molar-refractivity contribution < 1.29 is 14.0 Å². The van der Waals surface area contributed by atoms with Gasteiger partial charge in [0.1, 0.15) is 5.76 Å². The van der Waals surface area contributed by atoms with Gasteiger partial charge < -0.3 is 19.1 Å². The zero-order chi connectivity index (χ0) is 18.8. The van der Waals surface area contributed by atoms with Crippen LogP contribution in [0.3, 0.4) is 0 Å². The molecule has 0 spiro atoms. The molecule has 0 radical (unpaired) electrons. The molecule has 1 aromatic rings. The maximum atomic E-state index is 13.5. The molecule has 3 fully saturated rings. The minimum Gasteiger partial charge on any atom is -0.467 e. The van der Waals surface area contributed by atoms with Crippen LogP contribution in [0.25, 0.3) is 0 Å². The molecule has 2 saturated heterocycles. The maximum absolute atomic E-state index is 13.5. The number of carbonyl (C=O) groups is 2. The Morgan fingerprint density at radius 2 is 1.89 bits per heavy atom. The van der Waals surface area contributed by atoms with Gasteiger partial charge in [-0.3, -0.25) is 9.59 Å². The molecule has 1 aromatic heterocycles. The second kappa shape index (κ2) is 8.05. The van der Waals surface area contributed by atoms with E-state index in [-0.39, 0.29) is 29.7 Å². The van der Waals surface area contributed by atoms with Crippen molar-refractivity contribution in [1.29, 1.82) is 0 Å². The maximum Gasteiger partial charge on any atom is 0.228 e. The summed E-state index contributed by atoms with van der Waals surface area (Å²) < 4.78 is 5.54. The zero-order valence-corrected chi connectivity index (χ0v) is 16.3. The van der Waals surface area contributed by atoms with Crippen molar-refractivity contribution in [2.45, 2.75) is 51.1 Å². The highest BCUT2D eigenvalue weighted by Gasteiger charge is 2.39. The van der Waals surface area contributed by atoms with Gasteiger partial charge in [0.2, 0.25) is 11.8 Å². The Hall–Kier alpha value is -1.82. The van der Waals surface area contributed by atoms with E-state index in [1.807, 2.05) is 21.9 Å². The van der Waals surface area contributed by atoms with Gasteiger partial charge in [-0.25, -0.2) is 0 Å². The van der Waals surface area contributed by atoms with Crippen LogP contribution in [0.5, 0.6) is 0 Å². The Kier molecular flexibility index (Phi) is 5.53. The van der Waals surface area contributed by atoms with E-state index >= 15 is 0 Å². The average Bonchev–Trinajstić information content (AvgIpc) is 3.42. The SMILES string of the molecule is CN1CCC(N(Cc2ccco2)C(=O)C2CCCN(C(=O)C3CC3)C2)CC1. The fourth-order valence-corrected chi connectivity index (χ4v) is 4.47. The van der Waals surface area contributed by atoms with Crippen molar-refractivity contribution in [1.82, 2.24) is 14.7 Å². The third kappa shape index (κ3) is 4.37. The van der Waals surface area contributed by atoms with Crippen molar-refractivity contribution in [3.63, 3.8) is 0 Å². The molecule has 0 aromatic carbocycles. The topological polar surface area (TPSA) is 57.0 Å². The molecule has 1 atom stereocenters. The summed E-state index contributed by atoms with van der Waals surface area (Å²) in [7, 11) is 2.14. The lowest BCUT2D eigenvalue weighted by molar-refractivity contribution is -0.144. The molecule has 0 bridgehead atoms. The fourth-order valence-electron chi connectivity index (χ4n) is 4.47. The molecule has 148 valence electrons. The Morgan fingerprint density at radius 3 is 2.56 bits per heavy atom. The zero-order valence-electron chi connectivity index (χ0n) is 16.3. The molecule has 0 N–H and O–H groups in total. The van der Waals surface area contributed by atoms with Gasteiger partial charge in [0, 0.05) is 25.0 Å². The molecular weight excluding hydrogens is 342 g/mol. The van der Waals surface area contributed by atoms with Gasteiger partial charge in [0.25, 0.3) is 0 Å². The summed E-state index contributed by atoms with van der Waals surface area (Å²) in [4.78, 5) is 32.3. The van der Waals surface area contributed by atoms with E-state index in [1.165, 1.54) is 0 Å². The number of nitrogens with zero attached hydrogens (tertiary/aromatic N) is 3. The third-order valence-corrected chi connectivity index (χ3v) is 6.33. The van der Waals surface area contributed by atoms with Crippen LogP contribution in [0.1, 0.15) is 44.3 Å². The van der Waals surface area contributed by atoms with Crippen molar-refractivity contribution in [3.8, 4) is 0 Å². The Labute approximate surface area is 161 Å². The lowest BCUT2D eigenvalue weighted by Crippen LogP contribution is -2.51. The number of likely N-dealkylation sites (tertiary alicyclic amines) is 2. The van der Waals surface area contributed by atoms with Crippen LogP contribution in [0.4, 0.5) is 0 Å². The van der Waals surface area contributed by atoms with E-state index < -0.39 is 0 Å². The van der Waals surface area contributed by atoms with Crippen LogP contribution in [-0.4, -0.2) is 65.8 Å². The van der Waals surface area contributed by atoms with Crippen molar-refractivity contribution >= 4 is 11.8 Å². The number of furan rings is 1. The number of rotatable bonds is 5. The Bertz CT molecular complexity index is 648. The summed E-state index contributed by atoms with van der Waals surface area (Å²) in [6.07, 6.45) is 7.53. The standard InChI is InChI=1S/C21H31N3O3/c1-22-11-8-18(9-12-22)24(15-19-5-3-13-27-19)21(26)17-4-2-10-23(14-17)20(25)16-6-7-16/h3,5,13,16-18H,2,4,6-12,14-15H2,1H3. The summed E-state index contributed by atoms with van der Waals surface area (Å²) >= 11 is 0. The first-order valence-electron chi connectivity index (χ1n) is 10.4. The van der Waals surface area contributed by atoms with Gasteiger partial charge in [-0.2, -0.15) is 0 Å². The molecular formula is C21H31N3O3. The van der Waals surface area contributed by atoms with E-state index in [1.54, 1.807) is 6.26 Å². The van der Waals surface area contributed by atoms with E-state index in [9.17, 15) is 9.59 Å². The first kappa shape index (κ1) is 18.5. The normalized spacial score (nSPS) is 24.8. The summed E-state index contributed by atoms with van der Waals surface area (Å²) in [5.74, 6) is 1.46. The molecule has 4 rings (SSSR count). The van der Waals surface area contributed by atoms with E-state index in [2.05, 4.69) is 11.9 Å². The highest BCUT2D eigenvalue weighted by atomic mass is 16.3. The lowest BCUT2D eigenvalue weighted by atomic mass is 9.94. The van der Waals surface area contributed by atoms with Gasteiger partial charge in [-0.15, -0.1) is 0 Å². The second-order valence-electron chi connectivity index (χ2n) is 8.48. The molecule has 2 amide bonds. The first-order chi connectivity index (χ1) is 13.1. The predicted octanol–water partition coefficient (Wildman–Crippen LogP) is 2.35. The third-order valence-electron chi connectivity index (χ3n) is 6.33. The molecule has 6 heteroatoms. The summed E-state index contributed by atoms with van der Waals surface area (Å²) in [6, 6.07) is 4.08. The Balaban J connectivity index is 1.46. The smallest absolute Gasteiger partial charge is 0.228 e. The van der Waals surface area contributed by atoms with Crippen LogP contribution in [0, 0.1) is 11.8 Å². The van der Waals surface area contributed by atoms with Gasteiger partial charge in [0.05, 0.1) is 18.7 Å². The van der Waals surface area contributed by atoms with Gasteiger partial charge >= 0.3 is 0 Å².